The van der Waals surface area contributed by atoms with E-state index in [2.05, 4.69) is 14.9 Å². The first-order chi connectivity index (χ1) is 14.8. The summed E-state index contributed by atoms with van der Waals surface area (Å²) in [5.74, 6) is 1.11. The molecule has 0 aliphatic heterocycles. The van der Waals surface area contributed by atoms with Crippen molar-refractivity contribution < 1.29 is 0 Å². The number of nitrogens with zero attached hydrogens (tertiary/aromatic N) is 3. The van der Waals surface area contributed by atoms with Crippen molar-refractivity contribution in [3.05, 3.63) is 59.0 Å². The van der Waals surface area contributed by atoms with Crippen molar-refractivity contribution >= 4 is 22.7 Å². The van der Waals surface area contributed by atoms with Gasteiger partial charge in [-0.05, 0) is 49.8 Å². The second-order valence-corrected chi connectivity index (χ2v) is 8.97. The Kier molecular flexibility index (Phi) is 5.28. The van der Waals surface area contributed by atoms with Crippen LogP contribution in [0.3, 0.4) is 0 Å². The first-order valence-corrected chi connectivity index (χ1v) is 11.5. The van der Waals surface area contributed by atoms with Crippen molar-refractivity contribution in [2.45, 2.75) is 69.7 Å². The fourth-order valence-electron chi connectivity index (χ4n) is 5.78. The van der Waals surface area contributed by atoms with Crippen LogP contribution in [0.5, 0.6) is 0 Å². The number of para-hydroxylation sites is 1. The van der Waals surface area contributed by atoms with Gasteiger partial charge < -0.3 is 5.32 Å². The third kappa shape index (κ3) is 3.51. The second-order valence-electron chi connectivity index (χ2n) is 8.97. The molecule has 2 aromatic heterocycles. The Balaban J connectivity index is 1.65. The van der Waals surface area contributed by atoms with Crippen molar-refractivity contribution in [2.24, 2.45) is 5.92 Å². The van der Waals surface area contributed by atoms with Crippen LogP contribution in [0.4, 0.5) is 11.6 Å². The van der Waals surface area contributed by atoms with Crippen LogP contribution in [0, 0.1) is 5.92 Å². The number of fused-ring (bicyclic) bond motifs is 1. The van der Waals surface area contributed by atoms with Crippen molar-refractivity contribution in [3.63, 3.8) is 0 Å². The van der Waals surface area contributed by atoms with Gasteiger partial charge in [0.2, 0.25) is 5.95 Å². The molecular weight excluding hydrogens is 372 g/mol. The predicted molar refractivity (Wildman–Crippen MR) is 121 cm³/mol. The van der Waals surface area contributed by atoms with E-state index >= 15 is 0 Å². The highest BCUT2D eigenvalue weighted by molar-refractivity contribution is 5.76. The summed E-state index contributed by atoms with van der Waals surface area (Å²) in [6.07, 6.45) is 14.0. The van der Waals surface area contributed by atoms with Crippen LogP contribution in [0.15, 0.2) is 53.5 Å². The Labute approximate surface area is 177 Å². The van der Waals surface area contributed by atoms with E-state index in [1.165, 1.54) is 51.4 Å². The summed E-state index contributed by atoms with van der Waals surface area (Å²) in [7, 11) is 0. The molecule has 0 amide bonds. The fourth-order valence-corrected chi connectivity index (χ4v) is 5.78. The monoisotopic (exact) mass is 402 g/mol. The molecule has 30 heavy (non-hydrogen) atoms. The lowest BCUT2D eigenvalue weighted by atomic mass is 9.67. The van der Waals surface area contributed by atoms with E-state index in [4.69, 9.17) is 4.98 Å². The Morgan fingerprint density at radius 1 is 0.900 bits per heavy atom. The lowest BCUT2D eigenvalue weighted by Crippen LogP contribution is -2.49. The van der Waals surface area contributed by atoms with Gasteiger partial charge in [0.15, 0.2) is 0 Å². The predicted octanol–water partition coefficient (Wildman–Crippen LogP) is 5.77. The van der Waals surface area contributed by atoms with Gasteiger partial charge in [-0.2, -0.15) is 4.98 Å². The first kappa shape index (κ1) is 19.3. The molecule has 0 bridgehead atoms. The van der Waals surface area contributed by atoms with E-state index in [1.54, 1.807) is 6.07 Å². The number of aromatic nitrogens is 3. The Hall–Kier alpha value is -2.69. The number of rotatable bonds is 4. The molecule has 5 heteroatoms. The molecule has 5 nitrogen and oxygen atoms in total. The average Bonchev–Trinajstić information content (AvgIpc) is 2.81. The van der Waals surface area contributed by atoms with Crippen LogP contribution in [-0.4, -0.2) is 14.5 Å². The molecule has 1 aromatic carbocycles. The Bertz CT molecular complexity index is 1060. The maximum atomic E-state index is 13.3. The summed E-state index contributed by atoms with van der Waals surface area (Å²) in [4.78, 5) is 22.7. The van der Waals surface area contributed by atoms with Gasteiger partial charge in [-0.25, -0.2) is 4.98 Å². The van der Waals surface area contributed by atoms with Gasteiger partial charge in [0.25, 0.3) is 5.56 Å². The lowest BCUT2D eigenvalue weighted by Gasteiger charge is -2.47. The average molecular weight is 403 g/mol. The molecule has 0 radical (unpaired) electrons. The maximum absolute atomic E-state index is 13.3. The molecule has 0 atom stereocenters. The van der Waals surface area contributed by atoms with Crippen molar-refractivity contribution in [3.8, 4) is 0 Å². The van der Waals surface area contributed by atoms with Crippen LogP contribution in [0.2, 0.25) is 0 Å². The van der Waals surface area contributed by atoms with Crippen LogP contribution in [0.25, 0.3) is 11.0 Å². The SMILES string of the molecule is O=c1ccc2cnc(Nc3ccccc3)nc2n1C1(C2CCCCC2)CCCCC1. The molecule has 1 N–H and O–H groups in total. The fraction of sp³-hybridized carbons (Fsp3) is 0.480. The van der Waals surface area contributed by atoms with E-state index < -0.39 is 0 Å². The zero-order valence-electron chi connectivity index (χ0n) is 17.5. The highest BCUT2D eigenvalue weighted by Gasteiger charge is 2.43. The Morgan fingerprint density at radius 3 is 2.40 bits per heavy atom. The van der Waals surface area contributed by atoms with Crippen LogP contribution in [0.1, 0.15) is 64.2 Å². The molecule has 2 aliphatic carbocycles. The summed E-state index contributed by atoms with van der Waals surface area (Å²) in [6.45, 7) is 0. The van der Waals surface area contributed by atoms with Gasteiger partial charge >= 0.3 is 0 Å². The molecule has 0 spiro atoms. The number of anilines is 2. The maximum Gasteiger partial charge on any atom is 0.252 e. The minimum absolute atomic E-state index is 0.0827. The van der Waals surface area contributed by atoms with E-state index in [0.717, 1.165) is 29.6 Å². The van der Waals surface area contributed by atoms with Crippen molar-refractivity contribution in [2.75, 3.05) is 5.32 Å². The topological polar surface area (TPSA) is 59.8 Å². The van der Waals surface area contributed by atoms with Gasteiger partial charge in [-0.1, -0.05) is 56.7 Å². The summed E-state index contributed by atoms with van der Waals surface area (Å²) >= 11 is 0. The van der Waals surface area contributed by atoms with Gasteiger partial charge in [0.1, 0.15) is 5.65 Å². The number of hydrogen-bond donors (Lipinski definition) is 1. The van der Waals surface area contributed by atoms with Gasteiger partial charge in [-0.3, -0.25) is 9.36 Å². The number of nitrogens with one attached hydrogen (secondary N) is 1. The number of benzene rings is 1. The highest BCUT2D eigenvalue weighted by Crippen LogP contribution is 2.47. The van der Waals surface area contributed by atoms with Crippen LogP contribution < -0.4 is 10.9 Å². The zero-order valence-corrected chi connectivity index (χ0v) is 17.5. The van der Waals surface area contributed by atoms with E-state index in [9.17, 15) is 4.79 Å². The van der Waals surface area contributed by atoms with Gasteiger partial charge in [0, 0.05) is 23.3 Å². The molecule has 2 aliphatic rings. The molecule has 3 aromatic rings. The summed E-state index contributed by atoms with van der Waals surface area (Å²) in [5, 5.41) is 4.24. The molecule has 2 heterocycles. The third-order valence-electron chi connectivity index (χ3n) is 7.19. The quantitative estimate of drug-likeness (QED) is 0.601. The van der Waals surface area contributed by atoms with E-state index in [0.29, 0.717) is 11.9 Å². The number of hydrogen-bond acceptors (Lipinski definition) is 4. The van der Waals surface area contributed by atoms with Gasteiger partial charge in [-0.15, -0.1) is 0 Å². The van der Waals surface area contributed by atoms with E-state index in [-0.39, 0.29) is 11.1 Å². The van der Waals surface area contributed by atoms with Crippen molar-refractivity contribution in [1.82, 2.24) is 14.5 Å². The third-order valence-corrected chi connectivity index (χ3v) is 7.19. The molecule has 0 saturated heterocycles. The summed E-state index contributed by atoms with van der Waals surface area (Å²) in [6, 6.07) is 13.5. The highest BCUT2D eigenvalue weighted by atomic mass is 16.1. The standard InChI is InChI=1S/C25H30N4O/c30-22-15-14-19-18-26-24(27-21-12-6-2-7-13-21)28-23(19)29(22)25(16-8-3-9-17-25)20-10-4-1-5-11-20/h2,6-7,12-15,18,20H,1,3-5,8-11,16-17H2,(H,26,27,28). The molecule has 2 saturated carbocycles. The van der Waals surface area contributed by atoms with Crippen molar-refractivity contribution in [1.29, 1.82) is 0 Å². The largest absolute Gasteiger partial charge is 0.324 e. The first-order valence-electron chi connectivity index (χ1n) is 11.5. The lowest BCUT2D eigenvalue weighted by molar-refractivity contribution is 0.0776. The normalized spacial score (nSPS) is 19.6. The summed E-state index contributed by atoms with van der Waals surface area (Å²) in [5.41, 5.74) is 1.71. The molecule has 2 fully saturated rings. The smallest absolute Gasteiger partial charge is 0.252 e. The van der Waals surface area contributed by atoms with Crippen LogP contribution in [-0.2, 0) is 5.54 Å². The van der Waals surface area contributed by atoms with Gasteiger partial charge in [0.05, 0.1) is 5.54 Å². The molecule has 156 valence electrons. The number of pyridine rings is 1. The molecule has 0 unspecified atom stereocenters. The minimum atomic E-state index is -0.104. The molecule has 5 rings (SSSR count). The van der Waals surface area contributed by atoms with Crippen LogP contribution >= 0.6 is 0 Å². The minimum Gasteiger partial charge on any atom is -0.324 e. The zero-order chi connectivity index (χ0) is 20.4. The second kappa shape index (κ2) is 8.21. The summed E-state index contributed by atoms with van der Waals surface area (Å²) < 4.78 is 2.08. The Morgan fingerprint density at radius 2 is 1.63 bits per heavy atom. The van der Waals surface area contributed by atoms with E-state index in [1.807, 2.05) is 42.6 Å². The molecular formula is C25H30N4O.